The molecule has 2 aromatic heterocycles. The van der Waals surface area contributed by atoms with Crippen molar-refractivity contribution in [3.8, 4) is 23.3 Å². The zero-order valence-electron chi connectivity index (χ0n) is 26.5. The number of nitrogens with zero attached hydrogens (tertiary/aromatic N) is 6. The number of benzene rings is 2. The highest BCUT2D eigenvalue weighted by molar-refractivity contribution is 6.30. The Labute approximate surface area is 277 Å². The first kappa shape index (κ1) is 29.8. The molecule has 4 heterocycles. The molecular formula is C35H35ClN6O5. The predicted octanol–water partition coefficient (Wildman–Crippen LogP) is 5.68. The lowest BCUT2D eigenvalue weighted by Crippen LogP contribution is -2.64. The van der Waals surface area contributed by atoms with Crippen molar-refractivity contribution in [3.63, 3.8) is 0 Å². The van der Waals surface area contributed by atoms with Crippen LogP contribution in [0.25, 0.3) is 11.0 Å². The summed E-state index contributed by atoms with van der Waals surface area (Å²) >= 11 is 6.09. The predicted molar refractivity (Wildman–Crippen MR) is 174 cm³/mol. The van der Waals surface area contributed by atoms with Crippen molar-refractivity contribution >= 4 is 34.3 Å². The van der Waals surface area contributed by atoms with Crippen LogP contribution >= 0.6 is 11.6 Å². The van der Waals surface area contributed by atoms with Crippen molar-refractivity contribution in [1.29, 1.82) is 5.26 Å². The number of rotatable bonds is 8. The minimum absolute atomic E-state index is 0.298. The summed E-state index contributed by atoms with van der Waals surface area (Å²) in [5.74, 6) is 1.30. The molecule has 4 aliphatic rings. The number of anilines is 1. The van der Waals surface area contributed by atoms with Gasteiger partial charge in [-0.1, -0.05) is 17.7 Å². The smallest absolute Gasteiger partial charge is 0.338 e. The molecule has 2 aliphatic carbocycles. The van der Waals surface area contributed by atoms with Crippen molar-refractivity contribution in [2.75, 3.05) is 32.2 Å². The highest BCUT2D eigenvalue weighted by atomic mass is 35.5. The average Bonchev–Trinajstić information content (AvgIpc) is 3.63. The average molecular weight is 655 g/mol. The third-order valence-electron chi connectivity index (χ3n) is 10.2. The number of carbonyl (C=O) groups excluding carboxylic acids is 1. The van der Waals surface area contributed by atoms with Gasteiger partial charge in [0, 0.05) is 44.8 Å². The second-order valence-electron chi connectivity index (χ2n) is 13.0. The normalized spacial score (nSPS) is 23.9. The molecular weight excluding hydrogens is 620 g/mol. The Hall–Kier alpha value is -4.53. The van der Waals surface area contributed by atoms with E-state index in [1.165, 1.54) is 7.11 Å². The molecule has 8 rings (SSSR count). The van der Waals surface area contributed by atoms with E-state index in [-0.39, 0.29) is 0 Å². The number of para-hydroxylation sites is 1. The Morgan fingerprint density at radius 3 is 2.64 bits per heavy atom. The lowest BCUT2D eigenvalue weighted by Gasteiger charge is -2.54. The van der Waals surface area contributed by atoms with Crippen LogP contribution in [0.5, 0.6) is 17.2 Å². The van der Waals surface area contributed by atoms with Gasteiger partial charge in [0.1, 0.15) is 22.8 Å². The van der Waals surface area contributed by atoms with Crippen LogP contribution in [0.2, 0.25) is 5.02 Å². The van der Waals surface area contributed by atoms with E-state index in [0.29, 0.717) is 58.5 Å². The molecule has 1 unspecified atom stereocenters. The monoisotopic (exact) mass is 654 g/mol. The number of halogens is 1. The minimum Gasteiger partial charge on any atom is -0.494 e. The van der Waals surface area contributed by atoms with E-state index in [0.717, 1.165) is 61.6 Å². The number of nitriles is 1. The lowest BCUT2D eigenvalue weighted by atomic mass is 9.81. The number of hydrogen-bond donors (Lipinski definition) is 0. The van der Waals surface area contributed by atoms with Gasteiger partial charge >= 0.3 is 5.97 Å². The number of pyridine rings is 1. The molecule has 2 saturated carbocycles. The highest BCUT2D eigenvalue weighted by Gasteiger charge is 2.48. The second kappa shape index (κ2) is 11.0. The third kappa shape index (κ3) is 4.93. The Morgan fingerprint density at radius 1 is 1.13 bits per heavy atom. The fraction of sp³-hybridized carbons (Fsp3) is 0.429. The lowest BCUT2D eigenvalue weighted by molar-refractivity contribution is -0.0717. The summed E-state index contributed by atoms with van der Waals surface area (Å²) in [6, 6.07) is 16.3. The van der Waals surface area contributed by atoms with Crippen molar-refractivity contribution in [1.82, 2.24) is 19.4 Å². The summed E-state index contributed by atoms with van der Waals surface area (Å²) in [6.07, 6.45) is 5.43. The zero-order chi connectivity index (χ0) is 32.5. The molecule has 0 radical (unpaired) electrons. The Bertz CT molecular complexity index is 1940. The van der Waals surface area contributed by atoms with Crippen LogP contribution in [-0.2, 0) is 23.6 Å². The van der Waals surface area contributed by atoms with Gasteiger partial charge in [0.25, 0.3) is 5.79 Å². The summed E-state index contributed by atoms with van der Waals surface area (Å²) in [7, 11) is 2.94. The van der Waals surface area contributed by atoms with Crippen LogP contribution < -0.4 is 19.1 Å². The fourth-order valence-electron chi connectivity index (χ4n) is 7.27. The first-order chi connectivity index (χ1) is 22.7. The fourth-order valence-corrected chi connectivity index (χ4v) is 7.39. The van der Waals surface area contributed by atoms with E-state index in [9.17, 15) is 10.1 Å². The summed E-state index contributed by atoms with van der Waals surface area (Å²) < 4.78 is 25.7. The first-order valence-corrected chi connectivity index (χ1v) is 16.3. The van der Waals surface area contributed by atoms with Gasteiger partial charge in [0.05, 0.1) is 54.0 Å². The summed E-state index contributed by atoms with van der Waals surface area (Å²) in [5.41, 5.74) is 3.11. The molecule has 12 heteroatoms. The Balaban J connectivity index is 1.08. The molecule has 2 aromatic carbocycles. The number of fused-ring (bicyclic) bond motifs is 3. The quantitative estimate of drug-likeness (QED) is 0.220. The molecule has 1 saturated heterocycles. The van der Waals surface area contributed by atoms with Crippen LogP contribution in [-0.4, -0.2) is 64.8 Å². The van der Waals surface area contributed by atoms with Crippen LogP contribution in [0.1, 0.15) is 54.5 Å². The summed E-state index contributed by atoms with van der Waals surface area (Å²) in [4.78, 5) is 27.0. The van der Waals surface area contributed by atoms with Crippen molar-refractivity contribution in [2.24, 2.45) is 5.41 Å². The number of imidazole rings is 1. The Kier molecular flexibility index (Phi) is 7.00. The molecule has 4 aromatic rings. The van der Waals surface area contributed by atoms with Crippen molar-refractivity contribution in [3.05, 3.63) is 70.8 Å². The number of piperazine rings is 1. The number of methoxy groups -OCH3 is 2. The molecule has 47 heavy (non-hydrogen) atoms. The molecule has 0 bridgehead atoms. The molecule has 0 spiro atoms. The van der Waals surface area contributed by atoms with Gasteiger partial charge in [-0.3, -0.25) is 9.88 Å². The third-order valence-corrected chi connectivity index (χ3v) is 10.4. The van der Waals surface area contributed by atoms with Crippen LogP contribution in [0.4, 0.5) is 5.69 Å². The maximum absolute atomic E-state index is 12.5. The number of ether oxygens (including phenoxy) is 4. The number of esters is 1. The van der Waals surface area contributed by atoms with E-state index in [1.54, 1.807) is 25.4 Å². The molecule has 2 aliphatic heterocycles. The molecule has 3 fully saturated rings. The van der Waals surface area contributed by atoms with Crippen LogP contribution in [0, 0.1) is 16.7 Å². The number of aromatic nitrogens is 3. The molecule has 0 N–H and O–H groups in total. The summed E-state index contributed by atoms with van der Waals surface area (Å²) in [6.45, 7) is 4.64. The largest absolute Gasteiger partial charge is 0.494 e. The maximum atomic E-state index is 12.5. The Morgan fingerprint density at radius 2 is 1.96 bits per heavy atom. The molecule has 0 amide bonds. The van der Waals surface area contributed by atoms with Crippen LogP contribution in [0.15, 0.2) is 48.7 Å². The molecule has 3 atom stereocenters. The van der Waals surface area contributed by atoms with Gasteiger partial charge in [-0.05, 0) is 62.1 Å². The van der Waals surface area contributed by atoms with Crippen LogP contribution in [0.3, 0.4) is 0 Å². The maximum Gasteiger partial charge on any atom is 0.338 e. The summed E-state index contributed by atoms with van der Waals surface area (Å²) in [5, 5.41) is 10.5. The first-order valence-electron chi connectivity index (χ1n) is 16.0. The van der Waals surface area contributed by atoms with Crippen molar-refractivity contribution in [2.45, 2.75) is 63.6 Å². The zero-order valence-corrected chi connectivity index (χ0v) is 27.3. The number of hydrogen-bond acceptors (Lipinski definition) is 10. The van der Waals surface area contributed by atoms with Gasteiger partial charge in [0.2, 0.25) is 0 Å². The SMILES string of the molecule is COC(=O)c1cc(OC)c2nc(CN3CCN(c4cccc5c4OC(C)(c4ccc(Cl)cn4)O5)[C@H]4CC[C@@H]43)n(CC3(C#N)CC3)c2c1. The van der Waals surface area contributed by atoms with Gasteiger partial charge in [0.15, 0.2) is 11.5 Å². The van der Waals surface area contributed by atoms with E-state index in [1.807, 2.05) is 31.2 Å². The van der Waals surface area contributed by atoms with E-state index in [2.05, 4.69) is 31.5 Å². The standard InChI is InChI=1S/C35H35ClN6O5/c1-34(29-10-7-22(36)17-38-29)46-27-6-4-5-25(32(27)47-34)41-14-13-40(23-8-9-24(23)41)18-30-39-31-26(42(30)20-35(19-37)11-12-35)15-21(33(43)45-3)16-28(31)44-2/h4-7,10,15-17,23-24H,8-9,11-14,18,20H2,1-3H3/t23-,24-,34?/m0/s1. The molecule has 11 nitrogen and oxygen atoms in total. The van der Waals surface area contributed by atoms with Gasteiger partial charge in [-0.15, -0.1) is 0 Å². The van der Waals surface area contributed by atoms with E-state index >= 15 is 0 Å². The minimum atomic E-state index is -1.06. The number of carbonyl (C=O) groups is 1. The van der Waals surface area contributed by atoms with E-state index in [4.69, 9.17) is 35.5 Å². The topological polar surface area (TPSA) is 115 Å². The second-order valence-corrected chi connectivity index (χ2v) is 13.5. The van der Waals surface area contributed by atoms with Gasteiger partial charge in [-0.25, -0.2) is 9.78 Å². The molecule has 242 valence electrons. The van der Waals surface area contributed by atoms with Gasteiger partial charge < -0.3 is 28.4 Å². The van der Waals surface area contributed by atoms with E-state index < -0.39 is 17.2 Å². The highest BCUT2D eigenvalue weighted by Crippen LogP contribution is 2.51. The van der Waals surface area contributed by atoms with Gasteiger partial charge in [-0.2, -0.15) is 5.26 Å². The van der Waals surface area contributed by atoms with Crippen molar-refractivity contribution < 1.29 is 23.7 Å².